The number of rotatable bonds is 12. The molecular weight excluding hydrogens is 448 g/mol. The normalized spacial score (nSPS) is 18.9. The minimum absolute atomic E-state index is 0.0793. The highest BCUT2D eigenvalue weighted by molar-refractivity contribution is 7.10. The zero-order valence-electron chi connectivity index (χ0n) is 20.6. The number of aliphatic hydroxyl groups is 1. The molecule has 1 fully saturated rings. The van der Waals surface area contributed by atoms with Gasteiger partial charge in [0.15, 0.2) is 0 Å². The molecule has 0 saturated heterocycles. The maximum atomic E-state index is 13.6. The van der Waals surface area contributed by atoms with Crippen LogP contribution >= 0.6 is 11.3 Å². The summed E-state index contributed by atoms with van der Waals surface area (Å²) in [6.07, 6.45) is 2.78. The first-order valence-electron chi connectivity index (χ1n) is 12.5. The molecule has 1 saturated carbocycles. The molecular formula is C27H38N2O4S. The highest BCUT2D eigenvalue weighted by Gasteiger charge is 2.34. The van der Waals surface area contributed by atoms with Crippen molar-refractivity contribution in [2.24, 2.45) is 5.92 Å². The Morgan fingerprint density at radius 3 is 2.71 bits per heavy atom. The van der Waals surface area contributed by atoms with Crippen LogP contribution in [0.25, 0.3) is 0 Å². The molecule has 2 atom stereocenters. The van der Waals surface area contributed by atoms with Crippen molar-refractivity contribution in [2.75, 3.05) is 39.4 Å². The lowest BCUT2D eigenvalue weighted by Crippen LogP contribution is -2.48. The summed E-state index contributed by atoms with van der Waals surface area (Å²) in [7, 11) is 0. The van der Waals surface area contributed by atoms with Gasteiger partial charge in [0.05, 0.1) is 31.4 Å². The highest BCUT2D eigenvalue weighted by atomic mass is 32.1. The first-order chi connectivity index (χ1) is 16.4. The van der Waals surface area contributed by atoms with Gasteiger partial charge in [0.25, 0.3) is 0 Å². The smallest absolute Gasteiger partial charge is 0.237 e. The monoisotopic (exact) mass is 486 g/mol. The molecule has 1 aliphatic heterocycles. The standard InChI is InChI=1S/C27H38N2O4S/c1-19(2)32-17-22(30)15-28(14-21-6-7-21)16-27(31)29-12-10-26-24(11-13-34-26)25(29)18-33-23-8-4-20(3)5-9-23/h4-5,8-9,11,13,19,21-22,25,30H,6-7,10,12,14-18H2,1-3H3/t22-,25-/m1/s1. The Morgan fingerprint density at radius 2 is 2.00 bits per heavy atom. The van der Waals surface area contributed by atoms with Gasteiger partial charge < -0.3 is 19.5 Å². The predicted molar refractivity (Wildman–Crippen MR) is 135 cm³/mol. The molecule has 2 aromatic rings. The summed E-state index contributed by atoms with van der Waals surface area (Å²) in [6.45, 7) is 9.04. The molecule has 0 bridgehead atoms. The van der Waals surface area contributed by atoms with Crippen LogP contribution in [0.1, 0.15) is 48.7 Å². The van der Waals surface area contributed by atoms with Gasteiger partial charge in [-0.1, -0.05) is 17.7 Å². The van der Waals surface area contributed by atoms with Gasteiger partial charge in [-0.05, 0) is 75.1 Å². The van der Waals surface area contributed by atoms with Gasteiger partial charge in [0.1, 0.15) is 12.4 Å². The van der Waals surface area contributed by atoms with Crippen molar-refractivity contribution in [3.8, 4) is 5.75 Å². The van der Waals surface area contributed by atoms with Crippen LogP contribution in [0.2, 0.25) is 0 Å². The van der Waals surface area contributed by atoms with Crippen molar-refractivity contribution in [3.05, 3.63) is 51.7 Å². The summed E-state index contributed by atoms with van der Waals surface area (Å²) in [4.78, 5) is 19.0. The summed E-state index contributed by atoms with van der Waals surface area (Å²) in [5.41, 5.74) is 2.40. The van der Waals surface area contributed by atoms with Gasteiger partial charge in [-0.2, -0.15) is 0 Å². The molecule has 1 aromatic heterocycles. The Balaban J connectivity index is 1.42. The highest BCUT2D eigenvalue weighted by Crippen LogP contribution is 2.34. The number of ether oxygens (including phenoxy) is 2. The summed E-state index contributed by atoms with van der Waals surface area (Å²) in [6, 6.07) is 10.1. The van der Waals surface area contributed by atoms with Gasteiger partial charge in [-0.3, -0.25) is 9.69 Å². The van der Waals surface area contributed by atoms with Crippen LogP contribution in [0.5, 0.6) is 5.75 Å². The molecule has 186 valence electrons. The van der Waals surface area contributed by atoms with Gasteiger partial charge in [-0.25, -0.2) is 0 Å². The van der Waals surface area contributed by atoms with E-state index in [1.807, 2.05) is 43.0 Å². The summed E-state index contributed by atoms with van der Waals surface area (Å²) in [5, 5.41) is 12.6. The molecule has 6 nitrogen and oxygen atoms in total. The van der Waals surface area contributed by atoms with Gasteiger partial charge in [0, 0.05) is 24.5 Å². The van der Waals surface area contributed by atoms with Crippen molar-refractivity contribution >= 4 is 17.2 Å². The second-order valence-corrected chi connectivity index (χ2v) is 11.0. The largest absolute Gasteiger partial charge is 0.491 e. The molecule has 1 amide bonds. The Hall–Kier alpha value is -1.93. The quantitative estimate of drug-likeness (QED) is 0.490. The van der Waals surface area contributed by atoms with Crippen LogP contribution in [-0.4, -0.2) is 72.4 Å². The van der Waals surface area contributed by atoms with Crippen molar-refractivity contribution in [3.63, 3.8) is 0 Å². The average Bonchev–Trinajstić information content (AvgIpc) is 3.48. The fourth-order valence-corrected chi connectivity index (χ4v) is 5.42. The number of thiophene rings is 1. The van der Waals surface area contributed by atoms with E-state index in [0.29, 0.717) is 38.8 Å². The van der Waals surface area contributed by atoms with Gasteiger partial charge >= 0.3 is 0 Å². The van der Waals surface area contributed by atoms with E-state index in [2.05, 4.69) is 23.3 Å². The Kier molecular flexibility index (Phi) is 8.64. The fraction of sp³-hybridized carbons (Fsp3) is 0.593. The molecule has 1 aliphatic carbocycles. The number of fused-ring (bicyclic) bond motifs is 1. The second kappa shape index (κ2) is 11.7. The third-order valence-corrected chi connectivity index (χ3v) is 7.50. The molecule has 7 heteroatoms. The Bertz CT molecular complexity index is 925. The first-order valence-corrected chi connectivity index (χ1v) is 13.3. The molecule has 34 heavy (non-hydrogen) atoms. The van der Waals surface area contributed by atoms with Crippen LogP contribution in [-0.2, 0) is 16.0 Å². The van der Waals surface area contributed by atoms with Crippen molar-refractivity contribution in [1.82, 2.24) is 9.80 Å². The fourth-order valence-electron chi connectivity index (χ4n) is 4.49. The third-order valence-electron chi connectivity index (χ3n) is 6.51. The van der Waals surface area contributed by atoms with E-state index in [-0.39, 0.29) is 18.1 Å². The zero-order chi connectivity index (χ0) is 24.1. The number of aliphatic hydroxyl groups excluding tert-OH is 1. The number of aryl methyl sites for hydroxylation is 1. The molecule has 2 aliphatic rings. The van der Waals surface area contributed by atoms with Crippen molar-refractivity contribution < 1.29 is 19.4 Å². The topological polar surface area (TPSA) is 62.2 Å². The number of hydrogen-bond acceptors (Lipinski definition) is 6. The average molecular weight is 487 g/mol. The summed E-state index contributed by atoms with van der Waals surface area (Å²) < 4.78 is 11.7. The molecule has 2 heterocycles. The van der Waals surface area contributed by atoms with E-state index in [9.17, 15) is 9.90 Å². The van der Waals surface area contributed by atoms with E-state index in [1.54, 1.807) is 11.3 Å². The Morgan fingerprint density at radius 1 is 1.24 bits per heavy atom. The van der Waals surface area contributed by atoms with E-state index in [1.165, 1.54) is 28.8 Å². The number of amides is 1. The van der Waals surface area contributed by atoms with Gasteiger partial charge in [-0.15, -0.1) is 11.3 Å². The lowest BCUT2D eigenvalue weighted by Gasteiger charge is -2.37. The molecule has 4 rings (SSSR count). The number of carbonyl (C=O) groups excluding carboxylic acids is 1. The lowest BCUT2D eigenvalue weighted by atomic mass is 10.0. The maximum absolute atomic E-state index is 13.6. The molecule has 0 radical (unpaired) electrons. The van der Waals surface area contributed by atoms with Crippen LogP contribution in [0, 0.1) is 12.8 Å². The van der Waals surface area contributed by atoms with Crippen molar-refractivity contribution in [1.29, 1.82) is 0 Å². The molecule has 0 unspecified atom stereocenters. The predicted octanol–water partition coefficient (Wildman–Crippen LogP) is 4.06. The van der Waals surface area contributed by atoms with E-state index in [4.69, 9.17) is 9.47 Å². The Labute approximate surface area is 207 Å². The number of nitrogens with zero attached hydrogens (tertiary/aromatic N) is 2. The number of carbonyl (C=O) groups is 1. The molecule has 0 spiro atoms. The summed E-state index contributed by atoms with van der Waals surface area (Å²) >= 11 is 1.76. The second-order valence-electron chi connectivity index (χ2n) is 9.95. The number of benzene rings is 1. The molecule has 1 N–H and O–H groups in total. The van der Waals surface area contributed by atoms with Crippen LogP contribution in [0.15, 0.2) is 35.7 Å². The van der Waals surface area contributed by atoms with Gasteiger partial charge in [0.2, 0.25) is 5.91 Å². The lowest BCUT2D eigenvalue weighted by molar-refractivity contribution is -0.136. The van der Waals surface area contributed by atoms with Crippen molar-refractivity contribution in [2.45, 2.75) is 58.3 Å². The van der Waals surface area contributed by atoms with Crippen LogP contribution < -0.4 is 4.74 Å². The minimum atomic E-state index is -0.598. The van der Waals surface area contributed by atoms with E-state index < -0.39 is 6.10 Å². The van der Waals surface area contributed by atoms with Crippen LogP contribution in [0.3, 0.4) is 0 Å². The summed E-state index contributed by atoms with van der Waals surface area (Å²) in [5.74, 6) is 1.56. The maximum Gasteiger partial charge on any atom is 0.237 e. The van der Waals surface area contributed by atoms with Crippen LogP contribution in [0.4, 0.5) is 0 Å². The van der Waals surface area contributed by atoms with E-state index >= 15 is 0 Å². The third kappa shape index (κ3) is 7.04. The first kappa shape index (κ1) is 25.2. The number of hydrogen-bond donors (Lipinski definition) is 1. The SMILES string of the molecule is Cc1ccc(OC[C@@H]2c3ccsc3CCN2C(=O)CN(CC2CC2)C[C@@H](O)COC(C)C)cc1. The molecule has 1 aromatic carbocycles. The zero-order valence-corrected chi connectivity index (χ0v) is 21.4. The van der Waals surface area contributed by atoms with E-state index in [0.717, 1.165) is 18.7 Å². The minimum Gasteiger partial charge on any atom is -0.491 e.